The molecule has 0 amide bonds. The molecule has 1 aliphatic rings. The van der Waals surface area contributed by atoms with Crippen molar-refractivity contribution in [2.45, 2.75) is 18.9 Å². The number of aromatic nitrogens is 2. The van der Waals surface area contributed by atoms with Crippen molar-refractivity contribution >= 4 is 17.4 Å². The van der Waals surface area contributed by atoms with Crippen molar-refractivity contribution in [3.8, 4) is 0 Å². The molecule has 3 nitrogen and oxygen atoms in total. The van der Waals surface area contributed by atoms with Gasteiger partial charge in [0.15, 0.2) is 0 Å². The van der Waals surface area contributed by atoms with Crippen LogP contribution in [-0.4, -0.2) is 28.4 Å². The zero-order valence-electron chi connectivity index (χ0n) is 7.36. The summed E-state index contributed by atoms with van der Waals surface area (Å²) in [7, 11) is 0. The largest absolute Gasteiger partial charge is 0.352 e. The quantitative estimate of drug-likeness (QED) is 0.688. The summed E-state index contributed by atoms with van der Waals surface area (Å²) in [4.78, 5) is 10.4. The fourth-order valence-corrected chi connectivity index (χ4v) is 1.60. The van der Waals surface area contributed by atoms with Gasteiger partial charge in [0, 0.05) is 24.7 Å². The molecule has 4 heteroatoms. The Bertz CT molecular complexity index is 261. The molecule has 1 heterocycles. The Hall–Kier alpha value is -0.830. The summed E-state index contributed by atoms with van der Waals surface area (Å²) in [6.45, 7) is 0.878. The molecule has 1 aromatic rings. The highest BCUT2D eigenvalue weighted by Gasteiger charge is 2.29. The number of rotatable bonds is 4. The van der Waals surface area contributed by atoms with Crippen LogP contribution in [0.3, 0.4) is 0 Å². The van der Waals surface area contributed by atoms with Crippen LogP contribution in [0, 0.1) is 0 Å². The highest BCUT2D eigenvalue weighted by molar-refractivity contribution is 6.18. The average Bonchev–Trinajstić information content (AvgIpc) is 2.99. The van der Waals surface area contributed by atoms with Gasteiger partial charge in [-0.3, -0.25) is 0 Å². The number of halogens is 1. The maximum Gasteiger partial charge on any atom is 0.132 e. The first-order valence-electron chi connectivity index (χ1n) is 4.50. The third kappa shape index (κ3) is 2.10. The second-order valence-corrected chi connectivity index (χ2v) is 3.56. The molecule has 0 aliphatic heterocycles. The van der Waals surface area contributed by atoms with Crippen molar-refractivity contribution in [3.05, 3.63) is 18.6 Å². The summed E-state index contributed by atoms with van der Waals surface area (Å²) in [5, 5.41) is 0. The van der Waals surface area contributed by atoms with E-state index in [-0.39, 0.29) is 0 Å². The third-order valence-electron chi connectivity index (χ3n) is 2.17. The van der Waals surface area contributed by atoms with E-state index in [0.717, 1.165) is 12.4 Å². The van der Waals surface area contributed by atoms with E-state index in [0.29, 0.717) is 11.9 Å². The van der Waals surface area contributed by atoms with Crippen molar-refractivity contribution < 1.29 is 0 Å². The van der Waals surface area contributed by atoms with E-state index in [1.165, 1.54) is 12.8 Å². The Kier molecular flexibility index (Phi) is 2.64. The molecular weight excluding hydrogens is 186 g/mol. The van der Waals surface area contributed by atoms with E-state index in [1.807, 2.05) is 6.07 Å². The second-order valence-electron chi connectivity index (χ2n) is 3.18. The van der Waals surface area contributed by atoms with Crippen LogP contribution < -0.4 is 4.90 Å². The lowest BCUT2D eigenvalue weighted by Crippen LogP contribution is -2.28. The Morgan fingerprint density at radius 3 is 2.92 bits per heavy atom. The molecule has 0 atom stereocenters. The van der Waals surface area contributed by atoms with Crippen molar-refractivity contribution in [2.24, 2.45) is 0 Å². The lowest BCUT2D eigenvalue weighted by molar-refractivity contribution is 0.808. The molecule has 1 aliphatic carbocycles. The maximum atomic E-state index is 5.73. The Balaban J connectivity index is 2.10. The van der Waals surface area contributed by atoms with Gasteiger partial charge in [0.05, 0.1) is 0 Å². The molecule has 0 unspecified atom stereocenters. The first kappa shape index (κ1) is 8.75. The summed E-state index contributed by atoms with van der Waals surface area (Å²) in [5.74, 6) is 1.65. The summed E-state index contributed by atoms with van der Waals surface area (Å²) in [5.41, 5.74) is 0. The lowest BCUT2D eigenvalue weighted by atomic mass is 10.4. The van der Waals surface area contributed by atoms with Crippen LogP contribution in [-0.2, 0) is 0 Å². The van der Waals surface area contributed by atoms with Crippen LogP contribution in [0.4, 0.5) is 5.82 Å². The second kappa shape index (κ2) is 3.92. The van der Waals surface area contributed by atoms with Gasteiger partial charge in [-0.2, -0.15) is 0 Å². The predicted octanol–water partition coefficient (Wildman–Crippen LogP) is 1.68. The third-order valence-corrected chi connectivity index (χ3v) is 2.34. The minimum Gasteiger partial charge on any atom is -0.352 e. The summed E-state index contributed by atoms with van der Waals surface area (Å²) in [6.07, 6.45) is 5.88. The minimum absolute atomic E-state index is 0.653. The van der Waals surface area contributed by atoms with Crippen LogP contribution in [0.2, 0.25) is 0 Å². The van der Waals surface area contributed by atoms with E-state index in [9.17, 15) is 0 Å². The van der Waals surface area contributed by atoms with E-state index in [4.69, 9.17) is 11.6 Å². The molecule has 0 bridgehead atoms. The SMILES string of the molecule is ClCCN(c1ccncn1)C1CC1. The van der Waals surface area contributed by atoms with Crippen molar-refractivity contribution in [1.29, 1.82) is 0 Å². The normalized spacial score (nSPS) is 15.8. The van der Waals surface area contributed by atoms with Crippen molar-refractivity contribution in [2.75, 3.05) is 17.3 Å². The molecule has 1 saturated carbocycles. The van der Waals surface area contributed by atoms with E-state index < -0.39 is 0 Å². The topological polar surface area (TPSA) is 29.0 Å². The molecule has 0 N–H and O–H groups in total. The molecule has 1 aromatic heterocycles. The molecule has 1 fully saturated rings. The molecule has 0 saturated heterocycles. The maximum absolute atomic E-state index is 5.73. The fraction of sp³-hybridized carbons (Fsp3) is 0.556. The molecule has 2 rings (SSSR count). The summed E-state index contributed by atoms with van der Waals surface area (Å²) in [6, 6.07) is 2.60. The van der Waals surface area contributed by atoms with Gasteiger partial charge in [-0.25, -0.2) is 9.97 Å². The number of nitrogens with zero attached hydrogens (tertiary/aromatic N) is 3. The van der Waals surface area contributed by atoms with Gasteiger partial charge in [-0.15, -0.1) is 11.6 Å². The van der Waals surface area contributed by atoms with Gasteiger partial charge >= 0.3 is 0 Å². The number of alkyl halides is 1. The van der Waals surface area contributed by atoms with E-state index in [1.54, 1.807) is 12.5 Å². The fourth-order valence-electron chi connectivity index (χ4n) is 1.42. The van der Waals surface area contributed by atoms with Gasteiger partial charge in [0.25, 0.3) is 0 Å². The monoisotopic (exact) mass is 197 g/mol. The molecule has 0 radical (unpaired) electrons. The Morgan fingerprint density at radius 2 is 2.38 bits per heavy atom. The minimum atomic E-state index is 0.653. The van der Waals surface area contributed by atoms with Crippen molar-refractivity contribution in [3.63, 3.8) is 0 Å². The Morgan fingerprint density at radius 1 is 1.54 bits per heavy atom. The van der Waals surface area contributed by atoms with Gasteiger partial charge in [0.1, 0.15) is 12.1 Å². The van der Waals surface area contributed by atoms with Gasteiger partial charge in [-0.05, 0) is 18.9 Å². The predicted molar refractivity (Wildman–Crippen MR) is 53.1 cm³/mol. The molecule has 13 heavy (non-hydrogen) atoms. The molecule has 0 aromatic carbocycles. The first-order valence-corrected chi connectivity index (χ1v) is 5.04. The van der Waals surface area contributed by atoms with Gasteiger partial charge < -0.3 is 4.90 Å². The molecule has 70 valence electrons. The van der Waals surface area contributed by atoms with Gasteiger partial charge in [-0.1, -0.05) is 0 Å². The van der Waals surface area contributed by atoms with Crippen LogP contribution >= 0.6 is 11.6 Å². The zero-order chi connectivity index (χ0) is 9.10. The van der Waals surface area contributed by atoms with Crippen molar-refractivity contribution in [1.82, 2.24) is 9.97 Å². The standard InChI is InChI=1S/C9H12ClN3/c10-4-6-13(8-1-2-8)9-3-5-11-7-12-9/h3,5,7-8H,1-2,4,6H2. The average molecular weight is 198 g/mol. The Labute approximate surface area is 82.8 Å². The van der Waals surface area contributed by atoms with Crippen LogP contribution in [0.5, 0.6) is 0 Å². The smallest absolute Gasteiger partial charge is 0.132 e. The summed E-state index contributed by atoms with van der Waals surface area (Å²) >= 11 is 5.73. The molecular formula is C9H12ClN3. The number of hydrogen-bond donors (Lipinski definition) is 0. The number of anilines is 1. The zero-order valence-corrected chi connectivity index (χ0v) is 8.11. The van der Waals surface area contributed by atoms with Crippen LogP contribution in [0.1, 0.15) is 12.8 Å². The van der Waals surface area contributed by atoms with E-state index >= 15 is 0 Å². The first-order chi connectivity index (χ1) is 6.42. The highest BCUT2D eigenvalue weighted by atomic mass is 35.5. The molecule has 0 spiro atoms. The summed E-state index contributed by atoms with van der Waals surface area (Å²) < 4.78 is 0. The van der Waals surface area contributed by atoms with Crippen LogP contribution in [0.25, 0.3) is 0 Å². The lowest BCUT2D eigenvalue weighted by Gasteiger charge is -2.21. The van der Waals surface area contributed by atoms with Crippen LogP contribution in [0.15, 0.2) is 18.6 Å². The number of hydrogen-bond acceptors (Lipinski definition) is 3. The van der Waals surface area contributed by atoms with Gasteiger partial charge in [0.2, 0.25) is 0 Å². The van der Waals surface area contributed by atoms with E-state index in [2.05, 4.69) is 14.9 Å². The highest BCUT2D eigenvalue weighted by Crippen LogP contribution is 2.29.